The topological polar surface area (TPSA) is 102 Å². The van der Waals surface area contributed by atoms with Gasteiger partial charge < -0.3 is 4.74 Å². The van der Waals surface area contributed by atoms with Crippen molar-refractivity contribution in [1.29, 1.82) is 5.26 Å². The van der Waals surface area contributed by atoms with Crippen LogP contribution in [0.1, 0.15) is 11.1 Å². The van der Waals surface area contributed by atoms with Crippen molar-refractivity contribution in [1.82, 2.24) is 9.38 Å². The number of rotatable bonds is 5. The minimum atomic E-state index is -4.19. The Morgan fingerprint density at radius 2 is 1.79 bits per heavy atom. The number of pyridine rings is 1. The van der Waals surface area contributed by atoms with Crippen molar-refractivity contribution < 1.29 is 13.2 Å². The Labute approximate surface area is 194 Å². The number of nitrogens with zero attached hydrogens (tertiary/aromatic N) is 3. The van der Waals surface area contributed by atoms with Gasteiger partial charge in [-0.3, -0.25) is 9.20 Å². The Morgan fingerprint density at radius 1 is 1.09 bits per heavy atom. The van der Waals surface area contributed by atoms with Crippen molar-refractivity contribution in [2.75, 3.05) is 0 Å². The van der Waals surface area contributed by atoms with E-state index in [1.165, 1.54) is 22.7 Å². The lowest BCUT2D eigenvalue weighted by Gasteiger charge is -2.11. The Bertz CT molecular complexity index is 1600. The van der Waals surface area contributed by atoms with Crippen molar-refractivity contribution in [3.05, 3.63) is 104 Å². The summed E-state index contributed by atoms with van der Waals surface area (Å²) in [5.74, 6) is 0.0482. The van der Waals surface area contributed by atoms with Crippen molar-refractivity contribution in [3.63, 3.8) is 0 Å². The molecule has 0 unspecified atom stereocenters. The zero-order chi connectivity index (χ0) is 23.6. The molecule has 0 bridgehead atoms. The van der Waals surface area contributed by atoms with E-state index in [2.05, 4.69) is 4.98 Å². The number of allylic oxidation sites excluding steroid dienone is 1. The van der Waals surface area contributed by atoms with Gasteiger partial charge >= 0.3 is 0 Å². The van der Waals surface area contributed by atoms with E-state index in [4.69, 9.17) is 16.3 Å². The fourth-order valence-corrected chi connectivity index (χ4v) is 4.38. The normalized spacial score (nSPS) is 11.8. The summed E-state index contributed by atoms with van der Waals surface area (Å²) in [6.45, 7) is 1.82. The highest BCUT2D eigenvalue weighted by atomic mass is 35.5. The van der Waals surface area contributed by atoms with Crippen molar-refractivity contribution in [3.8, 4) is 17.7 Å². The van der Waals surface area contributed by atoms with E-state index in [0.29, 0.717) is 0 Å². The molecule has 2 heterocycles. The molecule has 0 saturated carbocycles. The van der Waals surface area contributed by atoms with E-state index >= 15 is 0 Å². The summed E-state index contributed by atoms with van der Waals surface area (Å²) < 4.78 is 33.2. The van der Waals surface area contributed by atoms with Gasteiger partial charge in [0.2, 0.25) is 15.7 Å². The van der Waals surface area contributed by atoms with Crippen LogP contribution in [0.15, 0.2) is 87.5 Å². The molecule has 2 aromatic carbocycles. The molecular formula is C24H16ClN3O4S. The van der Waals surface area contributed by atoms with Gasteiger partial charge in [-0.1, -0.05) is 47.5 Å². The Hall–Kier alpha value is -3.93. The summed E-state index contributed by atoms with van der Waals surface area (Å²) in [5.41, 5.74) is 0.339. The zero-order valence-electron chi connectivity index (χ0n) is 17.3. The number of halogens is 1. The Kier molecular flexibility index (Phi) is 6.01. The monoisotopic (exact) mass is 477 g/mol. The first kappa shape index (κ1) is 22.3. The van der Waals surface area contributed by atoms with Gasteiger partial charge in [0.25, 0.3) is 5.56 Å². The van der Waals surface area contributed by atoms with Crippen molar-refractivity contribution in [2.45, 2.75) is 11.8 Å². The first-order valence-electron chi connectivity index (χ1n) is 9.68. The molecule has 0 amide bonds. The van der Waals surface area contributed by atoms with Crippen LogP contribution in [-0.2, 0) is 9.84 Å². The maximum Gasteiger partial charge on any atom is 0.269 e. The van der Waals surface area contributed by atoms with Gasteiger partial charge in [0, 0.05) is 6.20 Å². The van der Waals surface area contributed by atoms with Gasteiger partial charge in [-0.25, -0.2) is 8.42 Å². The zero-order valence-corrected chi connectivity index (χ0v) is 18.8. The number of benzene rings is 2. The molecular weight excluding hydrogens is 462 g/mol. The third-order valence-electron chi connectivity index (χ3n) is 4.78. The van der Waals surface area contributed by atoms with Gasteiger partial charge in [-0.15, -0.1) is 0 Å². The summed E-state index contributed by atoms with van der Waals surface area (Å²) in [6.07, 6.45) is 2.47. The van der Waals surface area contributed by atoms with Gasteiger partial charge in [0.05, 0.1) is 9.92 Å². The molecule has 0 spiro atoms. The third kappa shape index (κ3) is 4.37. The van der Waals surface area contributed by atoms with Crippen LogP contribution in [-0.4, -0.2) is 17.8 Å². The van der Waals surface area contributed by atoms with Gasteiger partial charge in [-0.2, -0.15) is 10.2 Å². The van der Waals surface area contributed by atoms with E-state index in [9.17, 15) is 18.5 Å². The first-order valence-corrected chi connectivity index (χ1v) is 11.5. The van der Waals surface area contributed by atoms with Crippen LogP contribution >= 0.6 is 11.6 Å². The van der Waals surface area contributed by atoms with Crippen LogP contribution in [0.5, 0.6) is 11.6 Å². The van der Waals surface area contributed by atoms with Crippen LogP contribution in [0.2, 0.25) is 5.02 Å². The van der Waals surface area contributed by atoms with Gasteiger partial charge in [0.15, 0.2) is 0 Å². The van der Waals surface area contributed by atoms with Gasteiger partial charge in [-0.05, 0) is 49.4 Å². The molecule has 2 aromatic heterocycles. The number of hydrogen-bond donors (Lipinski definition) is 0. The Balaban J connectivity index is 1.95. The highest BCUT2D eigenvalue weighted by molar-refractivity contribution is 7.95. The summed E-state index contributed by atoms with van der Waals surface area (Å²) in [4.78, 5) is 16.9. The number of hydrogen-bond acceptors (Lipinski definition) is 6. The number of ether oxygens (including phenoxy) is 1. The summed E-state index contributed by atoms with van der Waals surface area (Å²) in [6, 6.07) is 19.3. The van der Waals surface area contributed by atoms with Crippen LogP contribution in [0.25, 0.3) is 11.7 Å². The van der Waals surface area contributed by atoms with E-state index in [-0.39, 0.29) is 32.8 Å². The molecule has 0 aliphatic carbocycles. The largest absolute Gasteiger partial charge is 0.437 e. The molecule has 7 nitrogen and oxygen atoms in total. The third-order valence-corrected chi connectivity index (χ3v) is 6.78. The smallest absolute Gasteiger partial charge is 0.269 e. The number of para-hydroxylation sites is 1. The highest BCUT2D eigenvalue weighted by Crippen LogP contribution is 2.31. The minimum Gasteiger partial charge on any atom is -0.437 e. The molecule has 4 aromatic rings. The second-order valence-electron chi connectivity index (χ2n) is 7.03. The molecule has 0 N–H and O–H groups in total. The summed E-state index contributed by atoms with van der Waals surface area (Å²) >= 11 is 6.18. The van der Waals surface area contributed by atoms with Crippen LogP contribution in [0, 0.1) is 18.3 Å². The lowest BCUT2D eigenvalue weighted by atomic mass is 10.2. The van der Waals surface area contributed by atoms with Crippen molar-refractivity contribution in [2.24, 2.45) is 0 Å². The molecule has 164 valence electrons. The first-order chi connectivity index (χ1) is 15.8. The van der Waals surface area contributed by atoms with Crippen LogP contribution in [0.3, 0.4) is 0 Å². The van der Waals surface area contributed by atoms with E-state index in [1.54, 1.807) is 60.7 Å². The summed E-state index contributed by atoms with van der Waals surface area (Å²) in [5, 5.41) is 9.95. The van der Waals surface area contributed by atoms with Crippen molar-refractivity contribution >= 4 is 33.2 Å². The number of aryl methyl sites for hydroxylation is 1. The molecule has 0 saturated heterocycles. The van der Waals surface area contributed by atoms with Crippen LogP contribution < -0.4 is 10.3 Å². The lowest BCUT2D eigenvalue weighted by molar-refractivity contribution is 0.461. The average Bonchev–Trinajstić information content (AvgIpc) is 2.80. The Morgan fingerprint density at radius 3 is 2.48 bits per heavy atom. The number of nitriles is 1. The molecule has 0 fully saturated rings. The quantitative estimate of drug-likeness (QED) is 0.383. The predicted octanol–water partition coefficient (Wildman–Crippen LogP) is 4.79. The predicted molar refractivity (Wildman–Crippen MR) is 125 cm³/mol. The van der Waals surface area contributed by atoms with E-state index in [0.717, 1.165) is 11.6 Å². The van der Waals surface area contributed by atoms with Crippen LogP contribution in [0.4, 0.5) is 0 Å². The standard InChI is InChI=1S/C24H16ClN3O4S/c1-16-9-11-17(12-10-16)33(30,31)18(15-26)14-19-23(32-21-7-3-2-6-20(21)25)27-22-8-4-5-13-28(22)24(19)29/h2-14H,1H3. The molecule has 33 heavy (non-hydrogen) atoms. The molecule has 0 aliphatic heterocycles. The maximum absolute atomic E-state index is 13.2. The number of sulfone groups is 1. The number of aromatic nitrogens is 2. The SMILES string of the molecule is Cc1ccc(S(=O)(=O)C(C#N)=Cc2c(Oc3ccccc3Cl)nc3ccccn3c2=O)cc1. The molecule has 0 aliphatic rings. The second-order valence-corrected chi connectivity index (χ2v) is 9.36. The maximum atomic E-state index is 13.2. The molecule has 0 atom stereocenters. The minimum absolute atomic E-state index is 0.0664. The van der Waals surface area contributed by atoms with E-state index < -0.39 is 20.3 Å². The second kappa shape index (κ2) is 8.90. The van der Waals surface area contributed by atoms with E-state index in [1.807, 2.05) is 6.92 Å². The highest BCUT2D eigenvalue weighted by Gasteiger charge is 2.23. The fraction of sp³-hybridized carbons (Fsp3) is 0.0417. The lowest BCUT2D eigenvalue weighted by Crippen LogP contribution is -2.19. The molecule has 9 heteroatoms. The fourth-order valence-electron chi connectivity index (χ4n) is 3.06. The average molecular weight is 478 g/mol. The molecule has 0 radical (unpaired) electrons. The number of fused-ring (bicyclic) bond motifs is 1. The van der Waals surface area contributed by atoms with Gasteiger partial charge in [0.1, 0.15) is 27.9 Å². The summed E-state index contributed by atoms with van der Waals surface area (Å²) in [7, 11) is -4.19. The molecule has 4 rings (SSSR count).